The fraction of sp³-hybridized carbons (Fsp3) is 0.316. The Morgan fingerprint density at radius 1 is 1.09 bits per heavy atom. The first-order chi connectivity index (χ1) is 10.4. The Kier molecular flexibility index (Phi) is 6.64. The topological polar surface area (TPSA) is 35.5 Å². The molecule has 0 unspecified atom stereocenters. The van der Waals surface area contributed by atoms with E-state index in [4.69, 9.17) is 4.74 Å². The van der Waals surface area contributed by atoms with Gasteiger partial charge in [0.15, 0.2) is 0 Å². The molecule has 0 aliphatic heterocycles. The number of carbonyl (C=O) groups excluding carboxylic acids is 1. The van der Waals surface area contributed by atoms with Crippen LogP contribution in [0.5, 0.6) is 5.75 Å². The third kappa shape index (κ3) is 4.62. The van der Waals surface area contributed by atoms with E-state index < -0.39 is 0 Å². The van der Waals surface area contributed by atoms with Crippen LogP contribution in [0.1, 0.15) is 29.2 Å². The molecule has 0 heterocycles. The van der Waals surface area contributed by atoms with E-state index in [1.165, 1.54) is 29.9 Å². The zero-order valence-corrected chi connectivity index (χ0v) is 14.2. The minimum absolute atomic E-state index is 0.356. The highest BCUT2D eigenvalue weighted by molar-refractivity contribution is 5.82. The summed E-state index contributed by atoms with van der Waals surface area (Å²) in [5, 5.41) is 0. The van der Waals surface area contributed by atoms with E-state index in [-0.39, 0.29) is 5.97 Å². The summed E-state index contributed by atoms with van der Waals surface area (Å²) in [7, 11) is 3.05. The molecule has 0 aliphatic rings. The number of benzene rings is 1. The minimum Gasteiger partial charge on any atom is -0.496 e. The quantitative estimate of drug-likeness (QED) is 0.462. The SMILES string of the molecule is COC(=O)/C=C/C=C(C)/C=C/c1c(C)cc(OC)c(C)c1C. The predicted molar refractivity (Wildman–Crippen MR) is 91.2 cm³/mol. The summed E-state index contributed by atoms with van der Waals surface area (Å²) in [5.74, 6) is 0.561. The summed E-state index contributed by atoms with van der Waals surface area (Å²) in [6, 6.07) is 2.05. The standard InChI is InChI=1S/C19H24O3/c1-13(8-7-9-19(20)22-6)10-11-17-14(2)12-18(21-5)16(4)15(17)3/h7-12H,1-6H3/b9-7+,11-10+,13-8+. The van der Waals surface area contributed by atoms with Crippen LogP contribution in [0.15, 0.2) is 35.9 Å². The van der Waals surface area contributed by atoms with Gasteiger partial charge in [-0.1, -0.05) is 29.9 Å². The molecule has 0 saturated carbocycles. The molecule has 0 atom stereocenters. The summed E-state index contributed by atoms with van der Waals surface area (Å²) in [4.78, 5) is 11.0. The largest absolute Gasteiger partial charge is 0.496 e. The molecule has 0 saturated heterocycles. The molecule has 3 nitrogen and oxygen atoms in total. The van der Waals surface area contributed by atoms with Gasteiger partial charge in [0.25, 0.3) is 0 Å². The van der Waals surface area contributed by atoms with Crippen molar-refractivity contribution in [3.05, 3.63) is 58.2 Å². The molecule has 0 radical (unpaired) electrons. The minimum atomic E-state index is -0.356. The van der Waals surface area contributed by atoms with Crippen LogP contribution in [0, 0.1) is 20.8 Å². The highest BCUT2D eigenvalue weighted by Gasteiger charge is 2.08. The van der Waals surface area contributed by atoms with E-state index in [1.807, 2.05) is 19.1 Å². The average Bonchev–Trinajstić information content (AvgIpc) is 2.50. The molecule has 0 aromatic heterocycles. The van der Waals surface area contributed by atoms with Crippen molar-refractivity contribution in [2.24, 2.45) is 0 Å². The van der Waals surface area contributed by atoms with E-state index >= 15 is 0 Å². The van der Waals surface area contributed by atoms with Crippen LogP contribution in [0.3, 0.4) is 0 Å². The summed E-state index contributed by atoms with van der Waals surface area (Å²) >= 11 is 0. The van der Waals surface area contributed by atoms with Gasteiger partial charge in [-0.2, -0.15) is 0 Å². The van der Waals surface area contributed by atoms with E-state index in [1.54, 1.807) is 13.2 Å². The van der Waals surface area contributed by atoms with E-state index in [0.29, 0.717) is 0 Å². The van der Waals surface area contributed by atoms with Crippen LogP contribution < -0.4 is 4.74 Å². The smallest absolute Gasteiger partial charge is 0.330 e. The number of rotatable bonds is 5. The van der Waals surface area contributed by atoms with Gasteiger partial charge >= 0.3 is 5.97 Å². The third-order valence-electron chi connectivity index (χ3n) is 3.63. The van der Waals surface area contributed by atoms with Crippen LogP contribution in [0.25, 0.3) is 6.08 Å². The molecule has 118 valence electrons. The molecule has 1 rings (SSSR count). The van der Waals surface area contributed by atoms with Crippen LogP contribution >= 0.6 is 0 Å². The van der Waals surface area contributed by atoms with Gasteiger partial charge in [0.1, 0.15) is 5.75 Å². The van der Waals surface area contributed by atoms with Crippen LogP contribution in [0.4, 0.5) is 0 Å². The lowest BCUT2D eigenvalue weighted by molar-refractivity contribution is -0.134. The number of methoxy groups -OCH3 is 2. The average molecular weight is 300 g/mol. The molecular formula is C19H24O3. The van der Waals surface area contributed by atoms with Crippen molar-refractivity contribution in [2.45, 2.75) is 27.7 Å². The molecule has 0 bridgehead atoms. The maximum absolute atomic E-state index is 11.0. The summed E-state index contributed by atoms with van der Waals surface area (Å²) in [6.07, 6.45) is 9.07. The molecule has 1 aromatic rings. The second-order valence-corrected chi connectivity index (χ2v) is 5.19. The molecule has 22 heavy (non-hydrogen) atoms. The lowest BCUT2D eigenvalue weighted by Gasteiger charge is -2.13. The first kappa shape index (κ1) is 17.8. The second-order valence-electron chi connectivity index (χ2n) is 5.19. The Labute approximate surface area is 132 Å². The van der Waals surface area contributed by atoms with Gasteiger partial charge in [0.05, 0.1) is 14.2 Å². The molecular weight excluding hydrogens is 276 g/mol. The Morgan fingerprint density at radius 2 is 1.77 bits per heavy atom. The van der Waals surface area contributed by atoms with Gasteiger partial charge in [-0.25, -0.2) is 4.79 Å². The molecule has 0 N–H and O–H groups in total. The highest BCUT2D eigenvalue weighted by atomic mass is 16.5. The maximum Gasteiger partial charge on any atom is 0.330 e. The fourth-order valence-corrected chi connectivity index (χ4v) is 2.15. The number of hydrogen-bond donors (Lipinski definition) is 0. The Balaban J connectivity index is 3.00. The number of allylic oxidation sites excluding steroid dienone is 4. The van der Waals surface area contributed by atoms with Gasteiger partial charge in [-0.15, -0.1) is 0 Å². The van der Waals surface area contributed by atoms with E-state index in [0.717, 1.165) is 16.9 Å². The molecule has 1 aromatic carbocycles. The van der Waals surface area contributed by atoms with Crippen LogP contribution in [-0.2, 0) is 9.53 Å². The number of aryl methyl sites for hydroxylation is 1. The zero-order valence-electron chi connectivity index (χ0n) is 14.2. The maximum atomic E-state index is 11.0. The number of carbonyl (C=O) groups is 1. The monoisotopic (exact) mass is 300 g/mol. The normalized spacial score (nSPS) is 12.2. The Hall–Kier alpha value is -2.29. The lowest BCUT2D eigenvalue weighted by atomic mass is 9.96. The van der Waals surface area contributed by atoms with Gasteiger partial charge in [0.2, 0.25) is 0 Å². The van der Waals surface area contributed by atoms with Gasteiger partial charge in [-0.05, 0) is 56.0 Å². The molecule has 0 amide bonds. The number of esters is 1. The summed E-state index contributed by atoms with van der Waals surface area (Å²) in [6.45, 7) is 8.22. The zero-order chi connectivity index (χ0) is 16.7. The van der Waals surface area contributed by atoms with Crippen LogP contribution in [-0.4, -0.2) is 20.2 Å². The summed E-state index contributed by atoms with van der Waals surface area (Å²) < 4.78 is 9.93. The van der Waals surface area contributed by atoms with Gasteiger partial charge in [-0.3, -0.25) is 0 Å². The first-order valence-corrected chi connectivity index (χ1v) is 7.16. The van der Waals surface area contributed by atoms with Crippen molar-refractivity contribution in [2.75, 3.05) is 14.2 Å². The molecule has 3 heteroatoms. The first-order valence-electron chi connectivity index (χ1n) is 7.16. The highest BCUT2D eigenvalue weighted by Crippen LogP contribution is 2.28. The number of ether oxygens (including phenoxy) is 2. The third-order valence-corrected chi connectivity index (χ3v) is 3.63. The number of hydrogen-bond acceptors (Lipinski definition) is 3. The lowest BCUT2D eigenvalue weighted by Crippen LogP contribution is -1.95. The van der Waals surface area contributed by atoms with Crippen LogP contribution in [0.2, 0.25) is 0 Å². The molecule has 0 fully saturated rings. The Morgan fingerprint density at radius 3 is 2.36 bits per heavy atom. The molecule has 0 aliphatic carbocycles. The van der Waals surface area contributed by atoms with Crippen molar-refractivity contribution in [3.8, 4) is 5.75 Å². The van der Waals surface area contributed by atoms with Crippen molar-refractivity contribution >= 4 is 12.0 Å². The van der Waals surface area contributed by atoms with Gasteiger partial charge in [0, 0.05) is 6.08 Å². The van der Waals surface area contributed by atoms with Crippen molar-refractivity contribution < 1.29 is 14.3 Å². The van der Waals surface area contributed by atoms with Gasteiger partial charge < -0.3 is 9.47 Å². The predicted octanol–water partition coefficient (Wildman–Crippen LogP) is 4.31. The Bertz CT molecular complexity index is 635. The van der Waals surface area contributed by atoms with Crippen molar-refractivity contribution in [1.82, 2.24) is 0 Å². The van der Waals surface area contributed by atoms with Crippen molar-refractivity contribution in [1.29, 1.82) is 0 Å². The van der Waals surface area contributed by atoms with E-state index in [9.17, 15) is 4.79 Å². The van der Waals surface area contributed by atoms with E-state index in [2.05, 4.69) is 37.7 Å². The fourth-order valence-electron chi connectivity index (χ4n) is 2.15. The second kappa shape index (κ2) is 8.23. The van der Waals surface area contributed by atoms with Crippen molar-refractivity contribution in [3.63, 3.8) is 0 Å². The summed E-state index contributed by atoms with van der Waals surface area (Å²) in [5.41, 5.74) is 5.79. The molecule has 0 spiro atoms.